The Labute approximate surface area is 54.4 Å². The Morgan fingerprint density at radius 3 is 2.22 bits per heavy atom. The highest BCUT2D eigenvalue weighted by atomic mass is 16.6. The number of nitro groups is 1. The largest absolute Gasteiger partial charge is 0.313 e. The highest BCUT2D eigenvalue weighted by Gasteiger charge is 2.28. The monoisotopic (exact) mass is 132 g/mol. The van der Waals surface area contributed by atoms with Gasteiger partial charge < -0.3 is 5.32 Å². The van der Waals surface area contributed by atoms with Crippen LogP contribution in [0, 0.1) is 10.1 Å². The van der Waals surface area contributed by atoms with Crippen LogP contribution in [-0.2, 0) is 0 Å². The molecule has 54 valence electrons. The van der Waals surface area contributed by atoms with E-state index in [1.807, 2.05) is 0 Å². The maximum absolute atomic E-state index is 10.2. The smallest absolute Gasteiger partial charge is 0.228 e. The minimum absolute atomic E-state index is 0.288. The first-order valence-electron chi connectivity index (χ1n) is 2.80. The van der Waals surface area contributed by atoms with Crippen LogP contribution in [0.25, 0.3) is 0 Å². The zero-order valence-corrected chi connectivity index (χ0v) is 5.97. The molecule has 4 heteroatoms. The molecule has 4 nitrogen and oxygen atoms in total. The van der Waals surface area contributed by atoms with E-state index in [0.717, 1.165) is 0 Å². The Hall–Kier alpha value is -0.640. The Kier molecular flexibility index (Phi) is 2.58. The molecule has 0 spiro atoms. The van der Waals surface area contributed by atoms with Crippen LogP contribution in [-0.4, -0.2) is 24.1 Å². The van der Waals surface area contributed by atoms with Crippen molar-refractivity contribution in [3.63, 3.8) is 0 Å². The van der Waals surface area contributed by atoms with Crippen molar-refractivity contribution in [1.82, 2.24) is 5.32 Å². The van der Waals surface area contributed by atoms with Gasteiger partial charge in [0.1, 0.15) is 0 Å². The van der Waals surface area contributed by atoms with E-state index in [4.69, 9.17) is 0 Å². The zero-order valence-electron chi connectivity index (χ0n) is 5.97. The van der Waals surface area contributed by atoms with Gasteiger partial charge in [0.05, 0.1) is 6.54 Å². The topological polar surface area (TPSA) is 55.2 Å². The van der Waals surface area contributed by atoms with Crippen molar-refractivity contribution >= 4 is 0 Å². The summed E-state index contributed by atoms with van der Waals surface area (Å²) in [5.74, 6) is 0. The summed E-state index contributed by atoms with van der Waals surface area (Å²) in [6.45, 7) is 3.58. The van der Waals surface area contributed by atoms with E-state index < -0.39 is 5.54 Å². The van der Waals surface area contributed by atoms with Gasteiger partial charge in [-0.05, 0) is 7.05 Å². The van der Waals surface area contributed by atoms with Crippen molar-refractivity contribution < 1.29 is 4.92 Å². The lowest BCUT2D eigenvalue weighted by Gasteiger charge is -2.13. The summed E-state index contributed by atoms with van der Waals surface area (Å²) in [5.41, 5.74) is -0.839. The van der Waals surface area contributed by atoms with Crippen molar-refractivity contribution in [2.75, 3.05) is 13.6 Å². The Morgan fingerprint density at radius 2 is 2.11 bits per heavy atom. The number of hydrogen-bond donors (Lipinski definition) is 1. The van der Waals surface area contributed by atoms with Gasteiger partial charge in [0.25, 0.3) is 0 Å². The van der Waals surface area contributed by atoms with Crippen molar-refractivity contribution in [3.05, 3.63) is 10.1 Å². The normalized spacial score (nSPS) is 11.4. The third kappa shape index (κ3) is 2.41. The van der Waals surface area contributed by atoms with Gasteiger partial charge in [-0.3, -0.25) is 10.1 Å². The molecule has 0 aliphatic rings. The van der Waals surface area contributed by atoms with E-state index in [1.54, 1.807) is 20.9 Å². The van der Waals surface area contributed by atoms with Crippen LogP contribution >= 0.6 is 0 Å². The summed E-state index contributed by atoms with van der Waals surface area (Å²) in [4.78, 5) is 9.89. The standard InChI is InChI=1S/C5H12N2O2/c1-5(2,4-6-3)7(8)9/h6H,4H2,1-3H3. The average Bonchev–Trinajstić information content (AvgIpc) is 1.65. The van der Waals surface area contributed by atoms with Gasteiger partial charge in [-0.15, -0.1) is 0 Å². The van der Waals surface area contributed by atoms with Crippen molar-refractivity contribution in [2.45, 2.75) is 19.4 Å². The molecular formula is C5H12N2O2. The molecule has 0 bridgehead atoms. The predicted molar refractivity (Wildman–Crippen MR) is 35.0 cm³/mol. The Morgan fingerprint density at radius 1 is 1.67 bits per heavy atom. The molecule has 0 aromatic carbocycles. The van der Waals surface area contributed by atoms with Crippen molar-refractivity contribution in [2.24, 2.45) is 0 Å². The van der Waals surface area contributed by atoms with E-state index in [0.29, 0.717) is 6.54 Å². The molecule has 1 N–H and O–H groups in total. The zero-order chi connectivity index (χ0) is 7.49. The Bertz CT molecular complexity index is 112. The quantitative estimate of drug-likeness (QED) is 0.442. The van der Waals surface area contributed by atoms with Crippen molar-refractivity contribution in [3.8, 4) is 0 Å². The highest BCUT2D eigenvalue weighted by Crippen LogP contribution is 2.03. The molecule has 0 amide bonds. The number of nitrogens with one attached hydrogen (secondary N) is 1. The molecule has 0 aromatic heterocycles. The fourth-order valence-corrected chi connectivity index (χ4v) is 0.497. The number of nitrogens with zero attached hydrogens (tertiary/aromatic N) is 1. The molecule has 0 radical (unpaired) electrons. The summed E-state index contributed by atoms with van der Waals surface area (Å²) in [6, 6.07) is 0. The molecular weight excluding hydrogens is 120 g/mol. The fraction of sp³-hybridized carbons (Fsp3) is 1.00. The van der Waals surface area contributed by atoms with Crippen molar-refractivity contribution in [1.29, 1.82) is 0 Å². The van der Waals surface area contributed by atoms with E-state index in [1.165, 1.54) is 0 Å². The number of hydrogen-bond acceptors (Lipinski definition) is 3. The first-order chi connectivity index (χ1) is 4.00. The summed E-state index contributed by atoms with van der Waals surface area (Å²) >= 11 is 0. The van der Waals surface area contributed by atoms with Gasteiger partial charge in [-0.2, -0.15) is 0 Å². The molecule has 0 atom stereocenters. The molecule has 0 aliphatic heterocycles. The second-order valence-electron chi connectivity index (χ2n) is 2.60. The minimum atomic E-state index is -0.839. The van der Waals surface area contributed by atoms with Gasteiger partial charge >= 0.3 is 0 Å². The lowest BCUT2D eigenvalue weighted by Crippen LogP contribution is -2.40. The summed E-state index contributed by atoms with van der Waals surface area (Å²) in [5, 5.41) is 12.9. The number of rotatable bonds is 3. The van der Waals surface area contributed by atoms with Crippen LogP contribution in [0.5, 0.6) is 0 Å². The minimum Gasteiger partial charge on any atom is -0.313 e. The predicted octanol–water partition coefficient (Wildman–Crippen LogP) is 0.261. The third-order valence-corrected chi connectivity index (χ3v) is 1.10. The highest BCUT2D eigenvalue weighted by molar-refractivity contribution is 4.67. The van der Waals surface area contributed by atoms with Crippen LogP contribution in [0.15, 0.2) is 0 Å². The molecule has 0 heterocycles. The van der Waals surface area contributed by atoms with Gasteiger partial charge in [0.2, 0.25) is 5.54 Å². The molecule has 9 heavy (non-hydrogen) atoms. The lowest BCUT2D eigenvalue weighted by atomic mass is 10.1. The van der Waals surface area contributed by atoms with Crippen LogP contribution in [0.3, 0.4) is 0 Å². The second kappa shape index (κ2) is 2.77. The molecule has 0 unspecified atom stereocenters. The van der Waals surface area contributed by atoms with Crippen LogP contribution < -0.4 is 5.32 Å². The first-order valence-corrected chi connectivity index (χ1v) is 2.80. The van der Waals surface area contributed by atoms with Gasteiger partial charge in [-0.25, -0.2) is 0 Å². The third-order valence-electron chi connectivity index (χ3n) is 1.10. The molecule has 0 aromatic rings. The number of likely N-dealkylation sites (N-methyl/N-ethyl adjacent to an activating group) is 1. The fourth-order valence-electron chi connectivity index (χ4n) is 0.497. The van der Waals surface area contributed by atoms with E-state index in [9.17, 15) is 10.1 Å². The van der Waals surface area contributed by atoms with Gasteiger partial charge in [0.15, 0.2) is 0 Å². The molecule has 0 aliphatic carbocycles. The van der Waals surface area contributed by atoms with Gasteiger partial charge in [0, 0.05) is 18.8 Å². The maximum atomic E-state index is 10.2. The van der Waals surface area contributed by atoms with Crippen LogP contribution in [0.4, 0.5) is 0 Å². The molecule has 0 saturated heterocycles. The average molecular weight is 132 g/mol. The van der Waals surface area contributed by atoms with E-state index >= 15 is 0 Å². The van der Waals surface area contributed by atoms with Gasteiger partial charge in [-0.1, -0.05) is 0 Å². The SMILES string of the molecule is CNCC(C)(C)[N+](=O)[O-]. The molecule has 0 rings (SSSR count). The Balaban J connectivity index is 3.85. The summed E-state index contributed by atoms with van der Waals surface area (Å²) in [7, 11) is 1.70. The second-order valence-corrected chi connectivity index (χ2v) is 2.60. The molecule has 0 fully saturated rings. The maximum Gasteiger partial charge on any atom is 0.228 e. The van der Waals surface area contributed by atoms with Crippen LogP contribution in [0.2, 0.25) is 0 Å². The summed E-state index contributed by atoms with van der Waals surface area (Å²) < 4.78 is 0. The first kappa shape index (κ1) is 8.36. The van der Waals surface area contributed by atoms with Crippen LogP contribution in [0.1, 0.15) is 13.8 Å². The van der Waals surface area contributed by atoms with E-state index in [-0.39, 0.29) is 4.92 Å². The molecule has 0 saturated carbocycles. The summed E-state index contributed by atoms with van der Waals surface area (Å²) in [6.07, 6.45) is 0. The van der Waals surface area contributed by atoms with E-state index in [2.05, 4.69) is 5.32 Å². The lowest BCUT2D eigenvalue weighted by molar-refractivity contribution is -0.557.